The first-order valence-corrected chi connectivity index (χ1v) is 9.98. The first-order valence-electron chi connectivity index (χ1n) is 9.20. The summed E-state index contributed by atoms with van der Waals surface area (Å²) in [4.78, 5) is 21.3. The Kier molecular flexibility index (Phi) is 4.08. The van der Waals surface area contributed by atoms with Crippen molar-refractivity contribution in [2.75, 3.05) is 24.5 Å². The van der Waals surface area contributed by atoms with E-state index in [1.165, 1.54) is 42.2 Å². The molecule has 1 amide bonds. The van der Waals surface area contributed by atoms with Crippen molar-refractivity contribution in [2.24, 2.45) is 0 Å². The molecular weight excluding hydrogens is 381 g/mol. The largest absolute Gasteiger partial charge is 0.340 e. The minimum absolute atomic E-state index is 0.140. The fraction of sp³-hybridized carbons (Fsp3) is 0.389. The molecule has 0 saturated carbocycles. The average molecular weight is 399 g/mol. The smallest absolute Gasteiger partial charge is 0.254 e. The number of amides is 1. The number of carbonyl (C=O) groups excluding carboxylic acids is 1. The summed E-state index contributed by atoms with van der Waals surface area (Å²) in [6.07, 6.45) is 1.17. The van der Waals surface area contributed by atoms with Gasteiger partial charge in [0.1, 0.15) is 5.82 Å². The standard InChI is InChI=1S/C18H18FN7OS/c1-11-14-21-22-15(16-20-18(23-28-16)24-7-2-8-24)26(14)10-9-25(11)17(27)12-3-5-13(19)6-4-12/h3-6,11H,2,7-10H2,1H3/t11-/m1/s1. The molecule has 1 saturated heterocycles. The topological polar surface area (TPSA) is 80.0 Å². The maximum absolute atomic E-state index is 13.1. The maximum atomic E-state index is 13.1. The van der Waals surface area contributed by atoms with Crippen molar-refractivity contribution in [3.63, 3.8) is 0 Å². The van der Waals surface area contributed by atoms with Crippen LogP contribution in [0.5, 0.6) is 0 Å². The van der Waals surface area contributed by atoms with Crippen LogP contribution in [0.15, 0.2) is 24.3 Å². The van der Waals surface area contributed by atoms with Gasteiger partial charge in [-0.15, -0.1) is 10.2 Å². The molecular formula is C18H18FN7OS. The number of aromatic nitrogens is 5. The molecule has 0 radical (unpaired) electrons. The summed E-state index contributed by atoms with van der Waals surface area (Å²) in [5, 5.41) is 9.40. The van der Waals surface area contributed by atoms with Crippen LogP contribution >= 0.6 is 11.5 Å². The van der Waals surface area contributed by atoms with Crippen molar-refractivity contribution in [2.45, 2.75) is 25.9 Å². The third kappa shape index (κ3) is 2.75. The van der Waals surface area contributed by atoms with E-state index >= 15 is 0 Å². The summed E-state index contributed by atoms with van der Waals surface area (Å²) in [7, 11) is 0. The van der Waals surface area contributed by atoms with Gasteiger partial charge in [0.2, 0.25) is 5.95 Å². The Morgan fingerprint density at radius 1 is 1.14 bits per heavy atom. The maximum Gasteiger partial charge on any atom is 0.254 e. The van der Waals surface area contributed by atoms with Gasteiger partial charge in [0.05, 0.1) is 6.04 Å². The molecule has 1 fully saturated rings. The Bertz CT molecular complexity index is 1030. The molecule has 2 aliphatic rings. The van der Waals surface area contributed by atoms with Gasteiger partial charge in [-0.3, -0.25) is 4.79 Å². The molecule has 0 spiro atoms. The zero-order chi connectivity index (χ0) is 19.3. The molecule has 5 rings (SSSR count). The van der Waals surface area contributed by atoms with E-state index in [1.54, 1.807) is 4.90 Å². The number of halogens is 1. The van der Waals surface area contributed by atoms with Gasteiger partial charge in [0, 0.05) is 31.7 Å². The van der Waals surface area contributed by atoms with Crippen LogP contribution in [0.4, 0.5) is 10.3 Å². The lowest BCUT2D eigenvalue weighted by molar-refractivity contribution is 0.0638. The SMILES string of the molecule is C[C@@H]1c2nnc(-c3nc(N4CCC4)ns3)n2CCN1C(=O)c1ccc(F)cc1. The molecule has 0 aliphatic carbocycles. The van der Waals surface area contributed by atoms with E-state index in [2.05, 4.69) is 24.5 Å². The highest BCUT2D eigenvalue weighted by Gasteiger charge is 2.33. The third-order valence-electron chi connectivity index (χ3n) is 5.28. The third-order valence-corrected chi connectivity index (χ3v) is 5.98. The second-order valence-electron chi connectivity index (χ2n) is 6.95. The summed E-state index contributed by atoms with van der Waals surface area (Å²) in [6, 6.07) is 5.37. The number of benzene rings is 1. The van der Waals surface area contributed by atoms with Gasteiger partial charge < -0.3 is 14.4 Å². The lowest BCUT2D eigenvalue weighted by Gasteiger charge is -2.33. The molecule has 0 unspecified atom stereocenters. The highest BCUT2D eigenvalue weighted by Crippen LogP contribution is 2.31. The Balaban J connectivity index is 1.40. The van der Waals surface area contributed by atoms with Crippen molar-refractivity contribution in [1.82, 2.24) is 29.0 Å². The molecule has 2 aliphatic heterocycles. The van der Waals surface area contributed by atoms with Gasteiger partial charge in [-0.05, 0) is 49.1 Å². The zero-order valence-corrected chi connectivity index (χ0v) is 16.1. The van der Waals surface area contributed by atoms with Gasteiger partial charge in [-0.25, -0.2) is 4.39 Å². The van der Waals surface area contributed by atoms with Crippen molar-refractivity contribution in [3.05, 3.63) is 41.5 Å². The van der Waals surface area contributed by atoms with Crippen LogP contribution in [0, 0.1) is 5.82 Å². The van der Waals surface area contributed by atoms with Gasteiger partial charge in [0.15, 0.2) is 16.7 Å². The summed E-state index contributed by atoms with van der Waals surface area (Å²) in [6.45, 7) is 5.01. The van der Waals surface area contributed by atoms with Gasteiger partial charge >= 0.3 is 0 Å². The number of hydrogen-bond acceptors (Lipinski definition) is 7. The van der Waals surface area contributed by atoms with Crippen LogP contribution < -0.4 is 4.90 Å². The van der Waals surface area contributed by atoms with Crippen LogP contribution in [0.2, 0.25) is 0 Å². The van der Waals surface area contributed by atoms with Crippen molar-refractivity contribution >= 4 is 23.4 Å². The van der Waals surface area contributed by atoms with E-state index in [9.17, 15) is 9.18 Å². The molecule has 1 aromatic carbocycles. The number of carbonyl (C=O) groups is 1. The van der Waals surface area contributed by atoms with Crippen LogP contribution in [-0.4, -0.2) is 54.6 Å². The second kappa shape index (κ2) is 6.62. The van der Waals surface area contributed by atoms with Crippen LogP contribution in [-0.2, 0) is 6.54 Å². The molecule has 3 aromatic rings. The van der Waals surface area contributed by atoms with Crippen LogP contribution in [0.1, 0.15) is 35.6 Å². The molecule has 0 N–H and O–H groups in total. The highest BCUT2D eigenvalue weighted by atomic mass is 32.1. The Morgan fingerprint density at radius 3 is 2.64 bits per heavy atom. The number of fused-ring (bicyclic) bond motifs is 1. The van der Waals surface area contributed by atoms with E-state index in [1.807, 2.05) is 11.5 Å². The summed E-state index contributed by atoms with van der Waals surface area (Å²) >= 11 is 1.32. The Labute approximate surface area is 164 Å². The van der Waals surface area contributed by atoms with E-state index in [0.717, 1.165) is 29.9 Å². The van der Waals surface area contributed by atoms with Crippen LogP contribution in [0.25, 0.3) is 10.8 Å². The summed E-state index contributed by atoms with van der Waals surface area (Å²) in [5.41, 5.74) is 0.463. The fourth-order valence-corrected chi connectivity index (χ4v) is 4.21. The quantitative estimate of drug-likeness (QED) is 0.673. The number of hydrogen-bond donors (Lipinski definition) is 0. The normalized spacial score (nSPS) is 18.7. The van der Waals surface area contributed by atoms with Crippen LogP contribution in [0.3, 0.4) is 0 Å². The molecule has 0 bridgehead atoms. The van der Waals surface area contributed by atoms with E-state index in [0.29, 0.717) is 24.5 Å². The number of rotatable bonds is 3. The first-order chi connectivity index (χ1) is 13.6. The molecule has 4 heterocycles. The van der Waals surface area contributed by atoms with Crippen molar-refractivity contribution in [3.8, 4) is 10.8 Å². The average Bonchev–Trinajstić information content (AvgIpc) is 3.28. The molecule has 144 valence electrons. The predicted octanol–water partition coefficient (Wildman–Crippen LogP) is 2.36. The summed E-state index contributed by atoms with van der Waals surface area (Å²) in [5.74, 6) is 1.67. The fourth-order valence-electron chi connectivity index (χ4n) is 3.53. The lowest BCUT2D eigenvalue weighted by Crippen LogP contribution is -2.41. The van der Waals surface area contributed by atoms with Gasteiger partial charge in [0.25, 0.3) is 5.91 Å². The summed E-state index contributed by atoms with van der Waals surface area (Å²) < 4.78 is 19.6. The molecule has 28 heavy (non-hydrogen) atoms. The molecule has 8 nitrogen and oxygen atoms in total. The molecule has 2 aromatic heterocycles. The Hall–Kier alpha value is -2.88. The first kappa shape index (κ1) is 17.2. The van der Waals surface area contributed by atoms with Gasteiger partial charge in [-0.1, -0.05) is 0 Å². The minimum Gasteiger partial charge on any atom is -0.340 e. The Morgan fingerprint density at radius 2 is 1.93 bits per heavy atom. The highest BCUT2D eigenvalue weighted by molar-refractivity contribution is 7.09. The zero-order valence-electron chi connectivity index (χ0n) is 15.2. The monoisotopic (exact) mass is 399 g/mol. The molecule has 10 heteroatoms. The van der Waals surface area contributed by atoms with E-state index in [-0.39, 0.29) is 17.8 Å². The lowest BCUT2D eigenvalue weighted by atomic mass is 10.1. The number of nitrogens with zero attached hydrogens (tertiary/aromatic N) is 7. The molecule has 1 atom stereocenters. The van der Waals surface area contributed by atoms with Crippen molar-refractivity contribution < 1.29 is 9.18 Å². The minimum atomic E-state index is -0.359. The van der Waals surface area contributed by atoms with E-state index in [4.69, 9.17) is 0 Å². The second-order valence-corrected chi connectivity index (χ2v) is 7.71. The van der Waals surface area contributed by atoms with Crippen molar-refractivity contribution in [1.29, 1.82) is 0 Å². The number of anilines is 1. The van der Waals surface area contributed by atoms with Gasteiger partial charge in [-0.2, -0.15) is 9.36 Å². The predicted molar refractivity (Wildman–Crippen MR) is 102 cm³/mol. The van der Waals surface area contributed by atoms with E-state index < -0.39 is 0 Å².